The van der Waals surface area contributed by atoms with Gasteiger partial charge in [0, 0.05) is 26.7 Å². The summed E-state index contributed by atoms with van der Waals surface area (Å²) in [5, 5.41) is 2.64. The van der Waals surface area contributed by atoms with Crippen molar-refractivity contribution >= 4 is 10.0 Å². The van der Waals surface area contributed by atoms with E-state index in [0.29, 0.717) is 26.3 Å². The molecule has 1 unspecified atom stereocenters. The smallest absolute Gasteiger partial charge is 0.217 e. The molecule has 0 saturated heterocycles. The van der Waals surface area contributed by atoms with Crippen molar-refractivity contribution in [2.75, 3.05) is 39.9 Å². The zero-order valence-corrected chi connectivity index (χ0v) is 11.5. The molecule has 0 aromatic carbocycles. The summed E-state index contributed by atoms with van der Waals surface area (Å²) in [4.78, 5) is 0. The summed E-state index contributed by atoms with van der Waals surface area (Å²) < 4.78 is 30.4. The van der Waals surface area contributed by atoms with Crippen molar-refractivity contribution in [3.05, 3.63) is 0 Å². The van der Waals surface area contributed by atoms with E-state index in [2.05, 4.69) is 5.32 Å². The van der Waals surface area contributed by atoms with Crippen molar-refractivity contribution in [3.8, 4) is 0 Å². The van der Waals surface area contributed by atoms with Gasteiger partial charge in [0.1, 0.15) is 0 Å². The van der Waals surface area contributed by atoms with Crippen LogP contribution in [0.25, 0.3) is 0 Å². The molecule has 0 aliphatic heterocycles. The average molecular weight is 252 g/mol. The first-order valence-electron chi connectivity index (χ1n) is 5.70. The highest BCUT2D eigenvalue weighted by Gasteiger charge is 2.24. The zero-order chi connectivity index (χ0) is 12.6. The quantitative estimate of drug-likeness (QED) is 0.599. The fraction of sp³-hybridized carbons (Fsp3) is 1.00. The van der Waals surface area contributed by atoms with Gasteiger partial charge >= 0.3 is 0 Å². The average Bonchev–Trinajstić information content (AvgIpc) is 2.25. The van der Waals surface area contributed by atoms with Crippen LogP contribution in [0, 0.1) is 0 Å². The molecule has 1 N–H and O–H groups in total. The Labute approximate surface area is 99.2 Å². The number of hydrogen-bond donors (Lipinski definition) is 1. The predicted molar refractivity (Wildman–Crippen MR) is 66.0 cm³/mol. The summed E-state index contributed by atoms with van der Waals surface area (Å²) in [5.74, 6) is 0. The van der Waals surface area contributed by atoms with E-state index in [4.69, 9.17) is 4.74 Å². The van der Waals surface area contributed by atoms with Gasteiger partial charge in [0.05, 0.1) is 11.9 Å². The molecule has 0 bridgehead atoms. The molecule has 0 amide bonds. The normalized spacial score (nSPS) is 14.3. The van der Waals surface area contributed by atoms with Crippen molar-refractivity contribution < 1.29 is 13.2 Å². The first-order chi connectivity index (χ1) is 7.46. The van der Waals surface area contributed by atoms with E-state index >= 15 is 0 Å². The van der Waals surface area contributed by atoms with Gasteiger partial charge in [-0.25, -0.2) is 12.7 Å². The maximum atomic E-state index is 12.0. The Morgan fingerprint density at radius 1 is 1.38 bits per heavy atom. The maximum absolute atomic E-state index is 12.0. The minimum absolute atomic E-state index is 0.404. The first-order valence-corrected chi connectivity index (χ1v) is 7.20. The number of likely N-dealkylation sites (N-methyl/N-ethyl adjacent to an activating group) is 1. The lowest BCUT2D eigenvalue weighted by Crippen LogP contribution is -2.41. The standard InChI is InChI=1S/C10H24N2O3S/c1-5-11-9-10(3)16(13,14)12(4)7-8-15-6-2/h10-11H,5-9H2,1-4H3. The van der Waals surface area contributed by atoms with Gasteiger partial charge in [0.25, 0.3) is 0 Å². The number of ether oxygens (including phenoxy) is 1. The summed E-state index contributed by atoms with van der Waals surface area (Å²) in [6.07, 6.45) is 0. The second-order valence-corrected chi connectivity index (χ2v) is 6.14. The Morgan fingerprint density at radius 3 is 2.50 bits per heavy atom. The Balaban J connectivity index is 4.18. The van der Waals surface area contributed by atoms with Crippen LogP contribution in [0.4, 0.5) is 0 Å². The highest BCUT2D eigenvalue weighted by molar-refractivity contribution is 7.89. The molecule has 0 aromatic heterocycles. The van der Waals surface area contributed by atoms with Crippen LogP contribution in [0.2, 0.25) is 0 Å². The molecule has 98 valence electrons. The Kier molecular flexibility index (Phi) is 7.91. The van der Waals surface area contributed by atoms with Crippen molar-refractivity contribution in [2.24, 2.45) is 0 Å². The van der Waals surface area contributed by atoms with Gasteiger partial charge in [-0.15, -0.1) is 0 Å². The summed E-state index contributed by atoms with van der Waals surface area (Å²) in [5.41, 5.74) is 0. The van der Waals surface area contributed by atoms with Gasteiger partial charge in [0.2, 0.25) is 10.0 Å². The first kappa shape index (κ1) is 15.8. The molecule has 0 saturated carbocycles. The predicted octanol–water partition coefficient (Wildman–Crippen LogP) is 0.283. The molecule has 0 rings (SSSR count). The molecule has 0 fully saturated rings. The number of nitrogens with one attached hydrogen (secondary N) is 1. The highest BCUT2D eigenvalue weighted by Crippen LogP contribution is 2.05. The minimum Gasteiger partial charge on any atom is -0.380 e. The SMILES string of the molecule is CCNCC(C)S(=O)(=O)N(C)CCOCC. The van der Waals surface area contributed by atoms with Crippen LogP contribution in [0.3, 0.4) is 0 Å². The topological polar surface area (TPSA) is 58.6 Å². The van der Waals surface area contributed by atoms with Gasteiger partial charge < -0.3 is 10.1 Å². The summed E-state index contributed by atoms with van der Waals surface area (Å²) >= 11 is 0. The fourth-order valence-corrected chi connectivity index (χ4v) is 2.50. The second-order valence-electron chi connectivity index (χ2n) is 3.68. The van der Waals surface area contributed by atoms with Gasteiger partial charge in [-0.1, -0.05) is 6.92 Å². The Hall–Kier alpha value is -0.170. The molecule has 1 atom stereocenters. The van der Waals surface area contributed by atoms with E-state index in [-0.39, 0.29) is 0 Å². The van der Waals surface area contributed by atoms with E-state index in [9.17, 15) is 8.42 Å². The zero-order valence-electron chi connectivity index (χ0n) is 10.7. The largest absolute Gasteiger partial charge is 0.380 e. The van der Waals surface area contributed by atoms with E-state index < -0.39 is 15.3 Å². The number of rotatable bonds is 9. The van der Waals surface area contributed by atoms with Crippen molar-refractivity contribution in [1.29, 1.82) is 0 Å². The van der Waals surface area contributed by atoms with E-state index in [0.717, 1.165) is 6.54 Å². The van der Waals surface area contributed by atoms with Crippen LogP contribution in [-0.4, -0.2) is 57.9 Å². The van der Waals surface area contributed by atoms with Gasteiger partial charge in [-0.3, -0.25) is 0 Å². The van der Waals surface area contributed by atoms with E-state index in [1.165, 1.54) is 4.31 Å². The van der Waals surface area contributed by atoms with Crippen LogP contribution < -0.4 is 5.32 Å². The third-order valence-corrected chi connectivity index (χ3v) is 4.61. The number of hydrogen-bond acceptors (Lipinski definition) is 4. The summed E-state index contributed by atoms with van der Waals surface area (Å²) in [6, 6.07) is 0. The molecule has 0 heterocycles. The number of nitrogens with zero attached hydrogens (tertiary/aromatic N) is 1. The molecule has 6 heteroatoms. The number of sulfonamides is 1. The molecule has 0 aliphatic rings. The lowest BCUT2D eigenvalue weighted by atomic mass is 10.5. The summed E-state index contributed by atoms with van der Waals surface area (Å²) in [7, 11) is -1.61. The minimum atomic E-state index is -3.20. The van der Waals surface area contributed by atoms with Crippen LogP contribution in [0.1, 0.15) is 20.8 Å². The highest BCUT2D eigenvalue weighted by atomic mass is 32.2. The van der Waals surface area contributed by atoms with Gasteiger partial charge in [0.15, 0.2) is 0 Å². The van der Waals surface area contributed by atoms with Crippen LogP contribution in [0.15, 0.2) is 0 Å². The van der Waals surface area contributed by atoms with Crippen molar-refractivity contribution in [1.82, 2.24) is 9.62 Å². The van der Waals surface area contributed by atoms with Crippen LogP contribution >= 0.6 is 0 Å². The lowest BCUT2D eigenvalue weighted by Gasteiger charge is -2.21. The van der Waals surface area contributed by atoms with Crippen molar-refractivity contribution in [2.45, 2.75) is 26.0 Å². The van der Waals surface area contributed by atoms with E-state index in [1.807, 2.05) is 13.8 Å². The van der Waals surface area contributed by atoms with Crippen molar-refractivity contribution in [3.63, 3.8) is 0 Å². The van der Waals surface area contributed by atoms with Crippen LogP contribution in [0.5, 0.6) is 0 Å². The molecule has 0 spiro atoms. The second kappa shape index (κ2) is 8.00. The molecule has 16 heavy (non-hydrogen) atoms. The van der Waals surface area contributed by atoms with Gasteiger partial charge in [-0.05, 0) is 20.4 Å². The molecule has 0 radical (unpaired) electrons. The molecule has 0 aromatic rings. The molecular formula is C10H24N2O3S. The maximum Gasteiger partial charge on any atom is 0.217 e. The fourth-order valence-electron chi connectivity index (χ4n) is 1.22. The Morgan fingerprint density at radius 2 is 2.00 bits per heavy atom. The molecular weight excluding hydrogens is 228 g/mol. The summed E-state index contributed by atoms with van der Waals surface area (Å²) in [6.45, 7) is 8.30. The third kappa shape index (κ3) is 5.25. The Bertz CT molecular complexity index is 267. The third-order valence-electron chi connectivity index (χ3n) is 2.38. The lowest BCUT2D eigenvalue weighted by molar-refractivity contribution is 0.138. The molecule has 5 nitrogen and oxygen atoms in total. The van der Waals surface area contributed by atoms with Gasteiger partial charge in [-0.2, -0.15) is 0 Å². The van der Waals surface area contributed by atoms with Crippen LogP contribution in [-0.2, 0) is 14.8 Å². The van der Waals surface area contributed by atoms with E-state index in [1.54, 1.807) is 14.0 Å². The monoisotopic (exact) mass is 252 g/mol. The molecule has 0 aliphatic carbocycles.